The number of piperazine rings is 1. The van der Waals surface area contributed by atoms with E-state index in [-0.39, 0.29) is 29.6 Å². The van der Waals surface area contributed by atoms with E-state index in [0.717, 1.165) is 38.6 Å². The van der Waals surface area contributed by atoms with Gasteiger partial charge in [-0.05, 0) is 43.2 Å². The molecule has 0 unspecified atom stereocenters. The van der Waals surface area contributed by atoms with E-state index < -0.39 is 0 Å². The van der Waals surface area contributed by atoms with Crippen LogP contribution in [0.2, 0.25) is 0 Å². The van der Waals surface area contributed by atoms with Gasteiger partial charge in [-0.15, -0.1) is 0 Å². The summed E-state index contributed by atoms with van der Waals surface area (Å²) >= 11 is 0. The van der Waals surface area contributed by atoms with Crippen molar-refractivity contribution in [3.05, 3.63) is 35.4 Å². The van der Waals surface area contributed by atoms with Crippen molar-refractivity contribution in [3.8, 4) is 0 Å². The van der Waals surface area contributed by atoms with Crippen LogP contribution in [0.25, 0.3) is 0 Å². The predicted molar refractivity (Wildman–Crippen MR) is 110 cm³/mol. The standard InChI is InChI=1S/C23H31N3O3/c1-17(27)24-12-14-25(15-13-24)22(28)19-6-8-20(9-7-19)23(29)26-11-10-18-4-2-3-5-21(18)16-26/h2-5,19-20H,6-16H2,1H3. The van der Waals surface area contributed by atoms with Crippen molar-refractivity contribution in [2.75, 3.05) is 32.7 Å². The van der Waals surface area contributed by atoms with Crippen molar-refractivity contribution >= 4 is 17.7 Å². The Morgan fingerprint density at radius 2 is 1.24 bits per heavy atom. The highest BCUT2D eigenvalue weighted by Crippen LogP contribution is 2.32. The number of carbonyl (C=O) groups is 3. The molecule has 0 bridgehead atoms. The number of hydrogen-bond acceptors (Lipinski definition) is 3. The van der Waals surface area contributed by atoms with E-state index in [2.05, 4.69) is 18.2 Å². The lowest BCUT2D eigenvalue weighted by molar-refractivity contribution is -0.144. The summed E-state index contributed by atoms with van der Waals surface area (Å²) in [5.74, 6) is 0.645. The lowest BCUT2D eigenvalue weighted by Crippen LogP contribution is -2.52. The van der Waals surface area contributed by atoms with Gasteiger partial charge < -0.3 is 14.7 Å². The fourth-order valence-electron chi connectivity index (χ4n) is 5.03. The minimum atomic E-state index is 0.0324. The van der Waals surface area contributed by atoms with Gasteiger partial charge in [-0.1, -0.05) is 24.3 Å². The molecule has 1 saturated heterocycles. The van der Waals surface area contributed by atoms with E-state index in [1.54, 1.807) is 11.8 Å². The number of hydrogen-bond donors (Lipinski definition) is 0. The fraction of sp³-hybridized carbons (Fsp3) is 0.609. The molecule has 2 heterocycles. The molecule has 156 valence electrons. The first-order valence-electron chi connectivity index (χ1n) is 10.9. The Labute approximate surface area is 172 Å². The molecule has 1 aliphatic carbocycles. The van der Waals surface area contributed by atoms with Crippen LogP contribution in [0.5, 0.6) is 0 Å². The topological polar surface area (TPSA) is 60.9 Å². The van der Waals surface area contributed by atoms with Crippen molar-refractivity contribution < 1.29 is 14.4 Å². The average Bonchev–Trinajstić information content (AvgIpc) is 2.78. The molecule has 6 heteroatoms. The van der Waals surface area contributed by atoms with Gasteiger partial charge in [-0.3, -0.25) is 14.4 Å². The molecule has 0 radical (unpaired) electrons. The molecule has 4 rings (SSSR count). The molecule has 0 N–H and O–H groups in total. The quantitative estimate of drug-likeness (QED) is 0.768. The molecule has 2 fully saturated rings. The molecular weight excluding hydrogens is 366 g/mol. The van der Waals surface area contributed by atoms with Crippen LogP contribution < -0.4 is 0 Å². The Balaban J connectivity index is 1.27. The van der Waals surface area contributed by atoms with Crippen LogP contribution in [0.1, 0.15) is 43.7 Å². The van der Waals surface area contributed by atoms with Gasteiger partial charge in [-0.2, -0.15) is 0 Å². The maximum atomic E-state index is 13.0. The highest BCUT2D eigenvalue weighted by atomic mass is 16.2. The number of amides is 3. The fourth-order valence-corrected chi connectivity index (χ4v) is 5.03. The Morgan fingerprint density at radius 1 is 0.724 bits per heavy atom. The number of nitrogens with zero attached hydrogens (tertiary/aromatic N) is 3. The van der Waals surface area contributed by atoms with Gasteiger partial charge in [0.2, 0.25) is 17.7 Å². The summed E-state index contributed by atoms with van der Waals surface area (Å²) in [6, 6.07) is 8.38. The first-order chi connectivity index (χ1) is 14.0. The maximum Gasteiger partial charge on any atom is 0.225 e. The Morgan fingerprint density at radius 3 is 1.83 bits per heavy atom. The zero-order chi connectivity index (χ0) is 20.4. The van der Waals surface area contributed by atoms with Crippen LogP contribution in [0.4, 0.5) is 0 Å². The molecule has 1 aromatic rings. The smallest absolute Gasteiger partial charge is 0.225 e. The molecule has 2 aliphatic heterocycles. The van der Waals surface area contributed by atoms with E-state index in [0.29, 0.717) is 32.7 Å². The normalized spacial score (nSPS) is 24.8. The molecule has 0 spiro atoms. The molecule has 3 amide bonds. The van der Waals surface area contributed by atoms with Crippen molar-refractivity contribution in [3.63, 3.8) is 0 Å². The van der Waals surface area contributed by atoms with Gasteiger partial charge in [0.05, 0.1) is 0 Å². The van der Waals surface area contributed by atoms with Crippen LogP contribution >= 0.6 is 0 Å². The van der Waals surface area contributed by atoms with Gasteiger partial charge in [0, 0.05) is 58.0 Å². The first-order valence-corrected chi connectivity index (χ1v) is 10.9. The highest BCUT2D eigenvalue weighted by molar-refractivity contribution is 5.82. The minimum absolute atomic E-state index is 0.0324. The SMILES string of the molecule is CC(=O)N1CCN(C(=O)C2CCC(C(=O)N3CCc4ccccc4C3)CC2)CC1. The lowest BCUT2D eigenvalue weighted by atomic mass is 9.80. The third-order valence-corrected chi connectivity index (χ3v) is 6.90. The molecular formula is C23H31N3O3. The van der Waals surface area contributed by atoms with E-state index in [9.17, 15) is 14.4 Å². The third kappa shape index (κ3) is 4.31. The monoisotopic (exact) mass is 397 g/mol. The summed E-state index contributed by atoms with van der Waals surface area (Å²) in [7, 11) is 0. The highest BCUT2D eigenvalue weighted by Gasteiger charge is 2.35. The second-order valence-corrected chi connectivity index (χ2v) is 8.66. The third-order valence-electron chi connectivity index (χ3n) is 6.90. The largest absolute Gasteiger partial charge is 0.339 e. The first kappa shape index (κ1) is 19.9. The van der Waals surface area contributed by atoms with Crippen molar-refractivity contribution in [1.29, 1.82) is 0 Å². The van der Waals surface area contributed by atoms with E-state index in [4.69, 9.17) is 0 Å². The molecule has 1 aromatic carbocycles. The van der Waals surface area contributed by atoms with Gasteiger partial charge in [0.15, 0.2) is 0 Å². The Bertz CT molecular complexity index is 777. The number of fused-ring (bicyclic) bond motifs is 1. The Kier molecular flexibility index (Phi) is 5.88. The molecule has 1 saturated carbocycles. The molecule has 0 atom stereocenters. The molecule has 29 heavy (non-hydrogen) atoms. The van der Waals surface area contributed by atoms with Crippen LogP contribution in [0.3, 0.4) is 0 Å². The van der Waals surface area contributed by atoms with Gasteiger partial charge in [0.1, 0.15) is 0 Å². The number of rotatable bonds is 2. The second-order valence-electron chi connectivity index (χ2n) is 8.66. The number of carbonyl (C=O) groups excluding carboxylic acids is 3. The van der Waals surface area contributed by atoms with Crippen LogP contribution in [0.15, 0.2) is 24.3 Å². The average molecular weight is 398 g/mol. The second kappa shape index (κ2) is 8.56. The minimum Gasteiger partial charge on any atom is -0.339 e. The van der Waals surface area contributed by atoms with Crippen LogP contribution in [-0.2, 0) is 27.3 Å². The maximum absolute atomic E-state index is 13.0. The summed E-state index contributed by atoms with van der Waals surface area (Å²) in [6.45, 7) is 5.62. The van der Waals surface area contributed by atoms with Crippen LogP contribution in [0, 0.1) is 11.8 Å². The summed E-state index contributed by atoms with van der Waals surface area (Å²) in [6.07, 6.45) is 4.14. The number of benzene rings is 1. The van der Waals surface area contributed by atoms with Crippen molar-refractivity contribution in [1.82, 2.24) is 14.7 Å². The predicted octanol–water partition coefficient (Wildman–Crippen LogP) is 2.07. The summed E-state index contributed by atoms with van der Waals surface area (Å²) in [4.78, 5) is 43.1. The van der Waals surface area contributed by atoms with E-state index >= 15 is 0 Å². The van der Waals surface area contributed by atoms with Gasteiger partial charge in [-0.25, -0.2) is 0 Å². The molecule has 0 aromatic heterocycles. The summed E-state index contributed by atoms with van der Waals surface area (Å²) in [5.41, 5.74) is 2.62. The van der Waals surface area contributed by atoms with Gasteiger partial charge >= 0.3 is 0 Å². The molecule has 3 aliphatic rings. The zero-order valence-corrected chi connectivity index (χ0v) is 17.3. The summed E-state index contributed by atoms with van der Waals surface area (Å²) in [5, 5.41) is 0. The van der Waals surface area contributed by atoms with Crippen molar-refractivity contribution in [2.24, 2.45) is 11.8 Å². The van der Waals surface area contributed by atoms with Crippen molar-refractivity contribution in [2.45, 2.75) is 45.6 Å². The van der Waals surface area contributed by atoms with E-state index in [1.165, 1.54) is 11.1 Å². The zero-order valence-electron chi connectivity index (χ0n) is 17.3. The Hall–Kier alpha value is -2.37. The summed E-state index contributed by atoms with van der Waals surface area (Å²) < 4.78 is 0. The van der Waals surface area contributed by atoms with Gasteiger partial charge in [0.25, 0.3) is 0 Å². The van der Waals surface area contributed by atoms with E-state index in [1.807, 2.05) is 15.9 Å². The van der Waals surface area contributed by atoms with Crippen LogP contribution in [-0.4, -0.2) is 65.1 Å². The molecule has 6 nitrogen and oxygen atoms in total. The lowest BCUT2D eigenvalue weighted by Gasteiger charge is -2.38.